The monoisotopic (exact) mass is 203 g/mol. The van der Waals surface area contributed by atoms with Crippen LogP contribution >= 0.6 is 11.8 Å². The lowest BCUT2D eigenvalue weighted by Gasteiger charge is -2.31. The highest BCUT2D eigenvalue weighted by atomic mass is 32.2. The molecule has 2 atom stereocenters. The van der Waals surface area contributed by atoms with Gasteiger partial charge in [0.2, 0.25) is 0 Å². The van der Waals surface area contributed by atoms with Gasteiger partial charge in [-0.2, -0.15) is 11.8 Å². The summed E-state index contributed by atoms with van der Waals surface area (Å²) in [6.07, 6.45) is 0. The maximum Gasteiger partial charge on any atom is 0.307 e. The third-order valence-corrected chi connectivity index (χ3v) is 3.42. The molecule has 1 aliphatic rings. The molecule has 4 heteroatoms. The fourth-order valence-corrected chi connectivity index (χ4v) is 2.60. The van der Waals surface area contributed by atoms with Crippen LogP contribution in [0.4, 0.5) is 0 Å². The third kappa shape index (κ3) is 3.56. The first-order valence-corrected chi connectivity index (χ1v) is 5.71. The Bertz CT molecular complexity index is 186. The molecular formula is C9H17NO2S. The summed E-state index contributed by atoms with van der Waals surface area (Å²) in [6.45, 7) is 6.73. The summed E-state index contributed by atoms with van der Waals surface area (Å²) in [4.78, 5) is 12.9. The molecule has 0 amide bonds. The molecule has 0 saturated carbocycles. The third-order valence-electron chi connectivity index (χ3n) is 2.28. The van der Waals surface area contributed by atoms with Gasteiger partial charge in [-0.25, -0.2) is 0 Å². The van der Waals surface area contributed by atoms with Crippen LogP contribution in [0.25, 0.3) is 0 Å². The van der Waals surface area contributed by atoms with Crippen molar-refractivity contribution in [3.63, 3.8) is 0 Å². The molecule has 0 aromatic heterocycles. The molecule has 1 heterocycles. The van der Waals surface area contributed by atoms with Crippen molar-refractivity contribution < 1.29 is 9.90 Å². The summed E-state index contributed by atoms with van der Waals surface area (Å²) in [5.41, 5.74) is 0. The van der Waals surface area contributed by atoms with E-state index in [0.717, 1.165) is 18.8 Å². The maximum atomic E-state index is 10.6. The van der Waals surface area contributed by atoms with Gasteiger partial charge < -0.3 is 10.0 Å². The van der Waals surface area contributed by atoms with Crippen LogP contribution < -0.4 is 0 Å². The zero-order valence-electron chi connectivity index (χ0n) is 8.19. The summed E-state index contributed by atoms with van der Waals surface area (Å²) in [7, 11) is 0. The fourth-order valence-electron chi connectivity index (χ4n) is 1.52. The molecule has 2 unspecified atom stereocenters. The standard InChI is InChI=1S/C9H17NO2S/c1-7(9(11)12)5-10-3-4-13-8(2)6-10/h7-8H,3-6H2,1-2H3,(H,11,12). The quantitative estimate of drug-likeness (QED) is 0.747. The largest absolute Gasteiger partial charge is 0.481 e. The number of hydrogen-bond donors (Lipinski definition) is 1. The summed E-state index contributed by atoms with van der Waals surface area (Å²) in [5, 5.41) is 9.39. The number of carbonyl (C=O) groups is 1. The molecule has 1 saturated heterocycles. The first-order valence-electron chi connectivity index (χ1n) is 4.66. The molecule has 0 aliphatic carbocycles. The lowest BCUT2D eigenvalue weighted by atomic mass is 10.1. The van der Waals surface area contributed by atoms with E-state index in [1.807, 2.05) is 11.8 Å². The summed E-state index contributed by atoms with van der Waals surface area (Å²) < 4.78 is 0. The lowest BCUT2D eigenvalue weighted by Crippen LogP contribution is -2.40. The van der Waals surface area contributed by atoms with E-state index >= 15 is 0 Å². The average molecular weight is 203 g/mol. The van der Waals surface area contributed by atoms with Gasteiger partial charge in [0, 0.05) is 30.6 Å². The van der Waals surface area contributed by atoms with Gasteiger partial charge in [0.15, 0.2) is 0 Å². The molecule has 13 heavy (non-hydrogen) atoms. The molecule has 1 aliphatic heterocycles. The Balaban J connectivity index is 2.31. The van der Waals surface area contributed by atoms with E-state index in [1.54, 1.807) is 6.92 Å². The Kier molecular flexibility index (Phi) is 4.06. The minimum atomic E-state index is -0.689. The molecule has 0 aromatic carbocycles. The van der Waals surface area contributed by atoms with Gasteiger partial charge in [-0.15, -0.1) is 0 Å². The lowest BCUT2D eigenvalue weighted by molar-refractivity contribution is -0.141. The second kappa shape index (κ2) is 4.86. The predicted octanol–water partition coefficient (Wildman–Crippen LogP) is 1.14. The van der Waals surface area contributed by atoms with Crippen LogP contribution in [0.5, 0.6) is 0 Å². The highest BCUT2D eigenvalue weighted by Crippen LogP contribution is 2.18. The van der Waals surface area contributed by atoms with Crippen molar-refractivity contribution in [1.82, 2.24) is 4.90 Å². The molecular weight excluding hydrogens is 186 g/mol. The molecule has 1 N–H and O–H groups in total. The van der Waals surface area contributed by atoms with E-state index in [1.165, 1.54) is 0 Å². The number of aliphatic carboxylic acids is 1. The first kappa shape index (κ1) is 10.9. The number of carboxylic acids is 1. The highest BCUT2D eigenvalue weighted by Gasteiger charge is 2.20. The molecule has 0 aromatic rings. The van der Waals surface area contributed by atoms with Crippen LogP contribution in [-0.4, -0.2) is 46.6 Å². The topological polar surface area (TPSA) is 40.5 Å². The van der Waals surface area contributed by atoms with Crippen LogP contribution in [0.2, 0.25) is 0 Å². The van der Waals surface area contributed by atoms with Gasteiger partial charge in [0.05, 0.1) is 5.92 Å². The van der Waals surface area contributed by atoms with Crippen molar-refractivity contribution in [3.8, 4) is 0 Å². The van der Waals surface area contributed by atoms with Gasteiger partial charge >= 0.3 is 5.97 Å². The predicted molar refractivity (Wildman–Crippen MR) is 55.2 cm³/mol. The maximum absolute atomic E-state index is 10.6. The highest BCUT2D eigenvalue weighted by molar-refractivity contribution is 7.99. The molecule has 3 nitrogen and oxygen atoms in total. The van der Waals surface area contributed by atoms with E-state index in [4.69, 9.17) is 5.11 Å². The van der Waals surface area contributed by atoms with E-state index in [9.17, 15) is 4.79 Å². The van der Waals surface area contributed by atoms with E-state index < -0.39 is 5.97 Å². The molecule has 0 spiro atoms. The Morgan fingerprint density at radius 3 is 3.00 bits per heavy atom. The Morgan fingerprint density at radius 2 is 2.46 bits per heavy atom. The molecule has 0 radical (unpaired) electrons. The molecule has 1 rings (SSSR count). The number of rotatable bonds is 3. The van der Waals surface area contributed by atoms with Crippen molar-refractivity contribution in [3.05, 3.63) is 0 Å². The fraction of sp³-hybridized carbons (Fsp3) is 0.889. The number of nitrogens with zero attached hydrogens (tertiary/aromatic N) is 1. The van der Waals surface area contributed by atoms with Crippen molar-refractivity contribution in [2.24, 2.45) is 5.92 Å². The van der Waals surface area contributed by atoms with Gasteiger partial charge in [-0.1, -0.05) is 13.8 Å². The zero-order chi connectivity index (χ0) is 9.84. The second-order valence-electron chi connectivity index (χ2n) is 3.68. The van der Waals surface area contributed by atoms with Crippen molar-refractivity contribution in [2.75, 3.05) is 25.4 Å². The normalized spacial score (nSPS) is 27.1. The zero-order valence-corrected chi connectivity index (χ0v) is 9.01. The smallest absolute Gasteiger partial charge is 0.307 e. The van der Waals surface area contributed by atoms with Crippen molar-refractivity contribution in [2.45, 2.75) is 19.1 Å². The van der Waals surface area contributed by atoms with E-state index in [-0.39, 0.29) is 5.92 Å². The minimum Gasteiger partial charge on any atom is -0.481 e. The summed E-state index contributed by atoms with van der Waals surface area (Å²) >= 11 is 1.97. The molecule has 0 bridgehead atoms. The molecule has 76 valence electrons. The summed E-state index contributed by atoms with van der Waals surface area (Å²) in [6, 6.07) is 0. The average Bonchev–Trinajstić information content (AvgIpc) is 2.04. The van der Waals surface area contributed by atoms with E-state index in [2.05, 4.69) is 11.8 Å². The van der Waals surface area contributed by atoms with Crippen molar-refractivity contribution >= 4 is 17.7 Å². The second-order valence-corrected chi connectivity index (χ2v) is 5.23. The first-order chi connectivity index (χ1) is 6.09. The van der Waals surface area contributed by atoms with Crippen LogP contribution in [0.1, 0.15) is 13.8 Å². The van der Waals surface area contributed by atoms with Gasteiger partial charge in [-0.05, 0) is 0 Å². The van der Waals surface area contributed by atoms with Gasteiger partial charge in [-0.3, -0.25) is 4.79 Å². The van der Waals surface area contributed by atoms with Gasteiger partial charge in [0.1, 0.15) is 0 Å². The van der Waals surface area contributed by atoms with Gasteiger partial charge in [0.25, 0.3) is 0 Å². The van der Waals surface area contributed by atoms with Crippen LogP contribution in [0.3, 0.4) is 0 Å². The van der Waals surface area contributed by atoms with Crippen LogP contribution in [0.15, 0.2) is 0 Å². The summed E-state index contributed by atoms with van der Waals surface area (Å²) in [5.74, 6) is 0.203. The van der Waals surface area contributed by atoms with E-state index in [0.29, 0.717) is 11.8 Å². The number of thioether (sulfide) groups is 1. The van der Waals surface area contributed by atoms with Crippen LogP contribution in [-0.2, 0) is 4.79 Å². The number of carboxylic acid groups (broad SMARTS) is 1. The number of hydrogen-bond acceptors (Lipinski definition) is 3. The Labute approximate surface area is 83.5 Å². The molecule has 1 fully saturated rings. The van der Waals surface area contributed by atoms with Crippen molar-refractivity contribution in [1.29, 1.82) is 0 Å². The minimum absolute atomic E-state index is 0.240. The SMILES string of the molecule is CC1CN(CC(C)C(=O)O)CCS1. The van der Waals surface area contributed by atoms with Crippen LogP contribution in [0, 0.1) is 5.92 Å². The Morgan fingerprint density at radius 1 is 1.77 bits per heavy atom. The Hall–Kier alpha value is -0.220.